The third-order valence-corrected chi connectivity index (χ3v) is 5.62. The van der Waals surface area contributed by atoms with Crippen LogP contribution in [0, 0.1) is 0 Å². The zero-order valence-corrected chi connectivity index (χ0v) is 14.1. The van der Waals surface area contributed by atoms with Crippen LogP contribution in [0.2, 0.25) is 0 Å². The van der Waals surface area contributed by atoms with Gasteiger partial charge >= 0.3 is 0 Å². The first-order valence-corrected chi connectivity index (χ1v) is 8.60. The zero-order valence-electron chi connectivity index (χ0n) is 13.3. The van der Waals surface area contributed by atoms with Gasteiger partial charge in [-0.05, 0) is 37.5 Å². The minimum absolute atomic E-state index is 0.181. The van der Waals surface area contributed by atoms with E-state index in [9.17, 15) is 8.42 Å². The molecule has 1 heterocycles. The summed E-state index contributed by atoms with van der Waals surface area (Å²) < 4.78 is 34.2. The van der Waals surface area contributed by atoms with E-state index >= 15 is 0 Å². The summed E-state index contributed by atoms with van der Waals surface area (Å²) in [7, 11) is -3.65. The van der Waals surface area contributed by atoms with Crippen LogP contribution >= 0.6 is 0 Å². The molecule has 0 aliphatic carbocycles. The Morgan fingerprint density at radius 1 is 1.32 bits per heavy atom. The maximum atomic E-state index is 12.4. The van der Waals surface area contributed by atoms with E-state index in [1.54, 1.807) is 26.8 Å². The average molecular weight is 319 g/mol. The van der Waals surface area contributed by atoms with Crippen molar-refractivity contribution in [1.82, 2.24) is 0 Å². The topological polar surface area (TPSA) is 55.7 Å². The van der Waals surface area contributed by atoms with Crippen molar-refractivity contribution in [3.8, 4) is 0 Å². The van der Waals surface area contributed by atoms with Gasteiger partial charge in [0.25, 0.3) is 10.0 Å². The van der Waals surface area contributed by atoms with Gasteiger partial charge in [0.05, 0.1) is 0 Å². The highest BCUT2D eigenvalue weighted by Crippen LogP contribution is 2.40. The molecule has 0 amide bonds. The van der Waals surface area contributed by atoms with Crippen molar-refractivity contribution in [3.63, 3.8) is 0 Å². The van der Waals surface area contributed by atoms with E-state index in [4.69, 9.17) is 4.74 Å². The third-order valence-electron chi connectivity index (χ3n) is 3.67. The van der Waals surface area contributed by atoms with Gasteiger partial charge in [0, 0.05) is 6.92 Å². The first kappa shape index (κ1) is 16.5. The van der Waals surface area contributed by atoms with Crippen LogP contribution in [-0.2, 0) is 14.8 Å². The van der Waals surface area contributed by atoms with E-state index in [1.807, 2.05) is 37.3 Å². The van der Waals surface area contributed by atoms with Crippen LogP contribution in [0.15, 0.2) is 47.4 Å². The fourth-order valence-corrected chi connectivity index (χ4v) is 4.64. The quantitative estimate of drug-likeness (QED) is 0.795. The first-order chi connectivity index (χ1) is 10.2. The van der Waals surface area contributed by atoms with Crippen LogP contribution in [0.1, 0.15) is 44.1 Å². The minimum Gasteiger partial charge on any atom is -0.473 e. The average Bonchev–Trinajstić information content (AvgIpc) is 2.38. The number of hydrogen-bond acceptors (Lipinski definition) is 3. The Balaban J connectivity index is 2.49. The minimum atomic E-state index is -3.65. The summed E-state index contributed by atoms with van der Waals surface area (Å²) in [5, 5.41) is -0.824. The largest absolute Gasteiger partial charge is 0.473 e. The summed E-state index contributed by atoms with van der Waals surface area (Å²) in [5.74, 6) is 0.181. The van der Waals surface area contributed by atoms with Gasteiger partial charge in [-0.2, -0.15) is 0 Å². The number of nitrogens with zero attached hydrogens (tertiary/aromatic N) is 1. The summed E-state index contributed by atoms with van der Waals surface area (Å²) in [6.45, 7) is 10.8. The molecule has 1 aliphatic heterocycles. The number of allylic oxidation sites excluding steroid dienone is 3. The molecule has 2 rings (SSSR count). The van der Waals surface area contributed by atoms with E-state index in [0.717, 1.165) is 11.1 Å². The molecule has 0 radical (unpaired) electrons. The van der Waals surface area contributed by atoms with E-state index in [0.29, 0.717) is 5.56 Å². The number of benzene rings is 1. The molecule has 1 aliphatic rings. The Labute approximate surface area is 132 Å². The smallest absolute Gasteiger partial charge is 0.267 e. The molecule has 1 atom stereocenters. The lowest BCUT2D eigenvalue weighted by Crippen LogP contribution is -2.42. The summed E-state index contributed by atoms with van der Waals surface area (Å²) in [6, 6.07) is 7.41. The van der Waals surface area contributed by atoms with Crippen molar-refractivity contribution in [2.75, 3.05) is 0 Å². The van der Waals surface area contributed by atoms with Gasteiger partial charge in [-0.25, -0.2) is 8.42 Å². The molecule has 4 nitrogen and oxygen atoms in total. The molecule has 1 unspecified atom stereocenters. The Morgan fingerprint density at radius 2 is 1.91 bits per heavy atom. The molecule has 5 heteroatoms. The summed E-state index contributed by atoms with van der Waals surface area (Å²) >= 11 is 0. The Morgan fingerprint density at radius 3 is 2.36 bits per heavy atom. The molecule has 22 heavy (non-hydrogen) atoms. The number of rotatable bonds is 3. The van der Waals surface area contributed by atoms with Crippen LogP contribution in [0.4, 0.5) is 0 Å². The molecule has 1 aromatic rings. The fourth-order valence-electron chi connectivity index (χ4n) is 2.87. The molecule has 0 N–H and O–H groups in total. The highest BCUT2D eigenvalue weighted by molar-refractivity contribution is 7.90. The van der Waals surface area contributed by atoms with Crippen molar-refractivity contribution >= 4 is 21.5 Å². The second-order valence-electron chi connectivity index (χ2n) is 5.78. The van der Waals surface area contributed by atoms with E-state index in [-0.39, 0.29) is 5.90 Å². The molecule has 0 bridgehead atoms. The summed E-state index contributed by atoms with van der Waals surface area (Å²) in [5.41, 5.74) is 1.80. The number of ether oxygens (including phenoxy) is 1. The Hall–Kier alpha value is -1.88. The third kappa shape index (κ3) is 2.99. The van der Waals surface area contributed by atoms with Crippen LogP contribution in [0.3, 0.4) is 0 Å². The monoisotopic (exact) mass is 319 g/mol. The fraction of sp³-hybridized carbons (Fsp3) is 0.353. The molecule has 1 aromatic carbocycles. The number of sulfonamides is 1. The maximum Gasteiger partial charge on any atom is 0.267 e. The van der Waals surface area contributed by atoms with Crippen LogP contribution in [0.5, 0.6) is 0 Å². The van der Waals surface area contributed by atoms with Crippen LogP contribution in [0.25, 0.3) is 5.57 Å². The van der Waals surface area contributed by atoms with Crippen LogP contribution < -0.4 is 0 Å². The predicted octanol–water partition coefficient (Wildman–Crippen LogP) is 3.87. The molecular formula is C17H21NO3S. The Kier molecular flexibility index (Phi) is 4.29. The second-order valence-corrected chi connectivity index (χ2v) is 7.46. The van der Waals surface area contributed by atoms with Gasteiger partial charge in [0.1, 0.15) is 10.9 Å². The van der Waals surface area contributed by atoms with E-state index in [2.05, 4.69) is 11.0 Å². The van der Waals surface area contributed by atoms with Gasteiger partial charge in [-0.3, -0.25) is 0 Å². The van der Waals surface area contributed by atoms with Crippen molar-refractivity contribution in [2.24, 2.45) is 4.40 Å². The van der Waals surface area contributed by atoms with Gasteiger partial charge < -0.3 is 4.74 Å². The Bertz CT molecular complexity index is 741. The van der Waals surface area contributed by atoms with Gasteiger partial charge in [0.2, 0.25) is 0 Å². The van der Waals surface area contributed by atoms with Gasteiger partial charge in [-0.15, -0.1) is 4.40 Å². The second kappa shape index (κ2) is 5.72. The highest BCUT2D eigenvalue weighted by Gasteiger charge is 2.46. The predicted molar refractivity (Wildman–Crippen MR) is 90.2 cm³/mol. The number of hydrogen-bond donors (Lipinski definition) is 0. The SMILES string of the molecule is C=C/C(=C\C)c1ccc(C2C(C)(C)OC(C)=NS2(=O)=O)cc1. The lowest BCUT2D eigenvalue weighted by atomic mass is 9.95. The van der Waals surface area contributed by atoms with Gasteiger partial charge in [0.15, 0.2) is 5.90 Å². The maximum absolute atomic E-state index is 12.4. The van der Waals surface area contributed by atoms with Crippen molar-refractivity contribution in [3.05, 3.63) is 54.1 Å². The van der Waals surface area contributed by atoms with E-state index in [1.165, 1.54) is 0 Å². The molecule has 118 valence electrons. The molecule has 0 fully saturated rings. The molecule has 0 spiro atoms. The summed E-state index contributed by atoms with van der Waals surface area (Å²) in [4.78, 5) is 0. The molecule has 0 aromatic heterocycles. The summed E-state index contributed by atoms with van der Waals surface area (Å²) in [6.07, 6.45) is 3.73. The molecule has 0 saturated heterocycles. The first-order valence-electron chi connectivity index (χ1n) is 7.10. The van der Waals surface area contributed by atoms with Crippen molar-refractivity contribution in [2.45, 2.75) is 38.5 Å². The lowest BCUT2D eigenvalue weighted by molar-refractivity contribution is 0.0839. The lowest BCUT2D eigenvalue weighted by Gasteiger charge is -2.36. The van der Waals surface area contributed by atoms with E-state index < -0.39 is 20.9 Å². The standard InChI is InChI=1S/C17H21NO3S/c1-6-13(7-2)14-8-10-15(11-9-14)16-17(4,5)21-12(3)18-22(16,19)20/h6-11,16H,1H2,2-5H3/b13-7+. The highest BCUT2D eigenvalue weighted by atomic mass is 32.2. The zero-order chi connectivity index (χ0) is 16.5. The van der Waals surface area contributed by atoms with Crippen molar-refractivity contribution in [1.29, 1.82) is 0 Å². The molecular weight excluding hydrogens is 298 g/mol. The normalized spacial score (nSPS) is 23.4. The van der Waals surface area contributed by atoms with Crippen molar-refractivity contribution < 1.29 is 13.2 Å². The van der Waals surface area contributed by atoms with Crippen LogP contribution in [-0.4, -0.2) is 19.9 Å². The molecule has 0 saturated carbocycles. The van der Waals surface area contributed by atoms with Gasteiger partial charge in [-0.1, -0.05) is 43.0 Å².